The van der Waals surface area contributed by atoms with Crippen LogP contribution in [-0.2, 0) is 4.74 Å². The Morgan fingerprint density at radius 3 is 1.46 bits per heavy atom. The molecule has 4 rings (SSSR count). The highest BCUT2D eigenvalue weighted by Gasteiger charge is 2.47. The van der Waals surface area contributed by atoms with Gasteiger partial charge in [0.05, 0.1) is 12.0 Å². The van der Waals surface area contributed by atoms with Crippen molar-refractivity contribution in [2.75, 3.05) is 0 Å². The summed E-state index contributed by atoms with van der Waals surface area (Å²) in [5, 5.41) is 0. The van der Waals surface area contributed by atoms with Gasteiger partial charge in [-0.15, -0.1) is 0 Å². The van der Waals surface area contributed by atoms with Crippen LogP contribution in [0, 0.1) is 41.4 Å². The monoisotopic (exact) mass is 534 g/mol. The lowest BCUT2D eigenvalue weighted by Crippen LogP contribution is -2.43. The Balaban J connectivity index is 0.00000115. The molecule has 0 saturated heterocycles. The van der Waals surface area contributed by atoms with Crippen LogP contribution in [-0.4, -0.2) is 24.6 Å². The molecule has 220 valence electrons. The lowest BCUT2D eigenvalue weighted by molar-refractivity contribution is -0.303. The van der Waals surface area contributed by atoms with Crippen molar-refractivity contribution in [3.8, 4) is 0 Å². The Labute approximate surface area is 226 Å². The third kappa shape index (κ3) is 9.38. The molecule has 0 radical (unpaired) electrons. The molecule has 0 aromatic rings. The van der Waals surface area contributed by atoms with Crippen molar-refractivity contribution in [2.45, 2.75) is 162 Å². The van der Waals surface area contributed by atoms with E-state index in [4.69, 9.17) is 4.74 Å². The zero-order valence-corrected chi connectivity index (χ0v) is 24.8. The van der Waals surface area contributed by atoms with Crippen molar-refractivity contribution in [1.29, 1.82) is 0 Å². The smallest absolute Gasteiger partial charge is 0.317 e. The summed E-state index contributed by atoms with van der Waals surface area (Å²) in [5.74, 6) is 2.41. The van der Waals surface area contributed by atoms with Crippen LogP contribution < -0.4 is 0 Å². The zero-order chi connectivity index (χ0) is 27.6. The summed E-state index contributed by atoms with van der Waals surface area (Å²) in [7, 11) is 0. The van der Waals surface area contributed by atoms with Crippen LogP contribution >= 0.6 is 0 Å². The van der Waals surface area contributed by atoms with E-state index >= 15 is 8.78 Å². The first-order valence-corrected chi connectivity index (χ1v) is 16.1. The minimum Gasteiger partial charge on any atom is -0.317 e. The molecule has 4 saturated carbocycles. The molecule has 0 aromatic carbocycles. The number of hydrogen-bond acceptors (Lipinski definition) is 1. The van der Waals surface area contributed by atoms with E-state index in [2.05, 4.69) is 6.92 Å². The van der Waals surface area contributed by atoms with Crippen LogP contribution in [0.2, 0.25) is 0 Å². The van der Waals surface area contributed by atoms with Crippen LogP contribution in [0.25, 0.3) is 0 Å². The van der Waals surface area contributed by atoms with Gasteiger partial charge in [-0.3, -0.25) is 0 Å². The number of rotatable bonds is 5. The second-order valence-electron chi connectivity index (χ2n) is 12.3. The van der Waals surface area contributed by atoms with Gasteiger partial charge >= 0.3 is 6.11 Å². The summed E-state index contributed by atoms with van der Waals surface area (Å²) in [6.07, 6.45) is 7.10. The second kappa shape index (κ2) is 16.1. The topological polar surface area (TPSA) is 9.23 Å². The normalized spacial score (nSPS) is 41.4. The summed E-state index contributed by atoms with van der Waals surface area (Å²) in [6, 6.07) is 0. The quantitative estimate of drug-likeness (QED) is 0.252. The van der Waals surface area contributed by atoms with Crippen molar-refractivity contribution in [3.63, 3.8) is 0 Å². The third-order valence-corrected chi connectivity index (χ3v) is 10.1. The van der Waals surface area contributed by atoms with Gasteiger partial charge in [0.25, 0.3) is 0 Å². The fourth-order valence-electron chi connectivity index (χ4n) is 7.65. The van der Waals surface area contributed by atoms with Crippen molar-refractivity contribution in [3.05, 3.63) is 0 Å². The molecule has 0 aromatic heterocycles. The molecule has 0 bridgehead atoms. The van der Waals surface area contributed by atoms with Crippen molar-refractivity contribution < 1.29 is 22.3 Å². The fraction of sp³-hybridized carbons (Fsp3) is 1.00. The molecule has 4 atom stereocenters. The maximum Gasteiger partial charge on any atom is 0.358 e. The molecule has 4 unspecified atom stereocenters. The van der Waals surface area contributed by atoms with Gasteiger partial charge in [-0.05, 0) is 87.4 Å². The summed E-state index contributed by atoms with van der Waals surface area (Å²) < 4.78 is 63.2. The number of alkyl halides is 4. The van der Waals surface area contributed by atoms with Gasteiger partial charge in [0.1, 0.15) is 12.3 Å². The second-order valence-corrected chi connectivity index (χ2v) is 12.3. The van der Waals surface area contributed by atoms with E-state index < -0.39 is 36.4 Å². The van der Waals surface area contributed by atoms with E-state index in [0.717, 1.165) is 37.0 Å². The highest BCUT2D eigenvalue weighted by molar-refractivity contribution is 4.88. The predicted octanol–water partition coefficient (Wildman–Crippen LogP) is 11.0. The first-order chi connectivity index (χ1) is 17.7. The SMILES string of the molecule is CC.CC.CC1CCC(C2CCC(C3CCCC(C(F)(F)OC4CC(F)C(C)C(F)C4)CC3)CC2)CC1. The van der Waals surface area contributed by atoms with Crippen molar-refractivity contribution >= 4 is 0 Å². The van der Waals surface area contributed by atoms with Crippen LogP contribution in [0.3, 0.4) is 0 Å². The standard InChI is InChI=1S/C28H46F4O.2C2H6/c1-18-6-8-21(9-7-18)23-12-10-22(11-13-23)20-4-3-5-24(15-14-20)28(31,32)33-25-16-26(29)19(2)27(30)17-25;2*1-2/h18-27H,3-17H2,1-2H3;2*1-2H3. The summed E-state index contributed by atoms with van der Waals surface area (Å²) in [6.45, 7) is 11.9. The van der Waals surface area contributed by atoms with Gasteiger partial charge in [-0.1, -0.05) is 67.2 Å². The maximum atomic E-state index is 15.0. The highest BCUT2D eigenvalue weighted by Crippen LogP contribution is 2.47. The van der Waals surface area contributed by atoms with Crippen LogP contribution in [0.4, 0.5) is 17.6 Å². The Kier molecular flexibility index (Phi) is 14.3. The number of ether oxygens (including phenoxy) is 1. The minimum atomic E-state index is -3.28. The van der Waals surface area contributed by atoms with Crippen molar-refractivity contribution in [1.82, 2.24) is 0 Å². The third-order valence-electron chi connectivity index (χ3n) is 10.1. The van der Waals surface area contributed by atoms with Gasteiger partial charge in [-0.25, -0.2) is 8.78 Å². The van der Waals surface area contributed by atoms with E-state index in [9.17, 15) is 8.78 Å². The maximum absolute atomic E-state index is 15.0. The van der Waals surface area contributed by atoms with E-state index in [-0.39, 0.29) is 12.8 Å². The Hall–Kier alpha value is -0.320. The fourth-order valence-corrected chi connectivity index (χ4v) is 7.65. The Morgan fingerprint density at radius 1 is 0.568 bits per heavy atom. The molecule has 0 heterocycles. The number of hydrogen-bond donors (Lipinski definition) is 0. The van der Waals surface area contributed by atoms with Gasteiger partial charge in [0, 0.05) is 18.8 Å². The van der Waals surface area contributed by atoms with Gasteiger partial charge in [0.15, 0.2) is 0 Å². The van der Waals surface area contributed by atoms with Crippen LogP contribution in [0.5, 0.6) is 0 Å². The van der Waals surface area contributed by atoms with Gasteiger partial charge in [-0.2, -0.15) is 8.78 Å². The molecule has 4 aliphatic rings. The molecule has 4 fully saturated rings. The zero-order valence-electron chi connectivity index (χ0n) is 24.8. The Morgan fingerprint density at radius 2 is 0.973 bits per heavy atom. The average molecular weight is 535 g/mol. The van der Waals surface area contributed by atoms with Crippen LogP contribution in [0.1, 0.15) is 138 Å². The van der Waals surface area contributed by atoms with Gasteiger partial charge in [0.2, 0.25) is 0 Å². The predicted molar refractivity (Wildman–Crippen MR) is 147 cm³/mol. The van der Waals surface area contributed by atoms with Crippen LogP contribution in [0.15, 0.2) is 0 Å². The first-order valence-electron chi connectivity index (χ1n) is 16.1. The molecule has 4 aliphatic carbocycles. The lowest BCUT2D eigenvalue weighted by Gasteiger charge is -2.39. The minimum absolute atomic E-state index is 0.115. The van der Waals surface area contributed by atoms with E-state index in [1.807, 2.05) is 27.7 Å². The average Bonchev–Trinajstić information content (AvgIpc) is 3.17. The molecule has 1 nitrogen and oxygen atoms in total. The van der Waals surface area contributed by atoms with E-state index in [1.165, 1.54) is 58.3 Å². The molecule has 0 N–H and O–H groups in total. The largest absolute Gasteiger partial charge is 0.358 e. The lowest BCUT2D eigenvalue weighted by atomic mass is 9.67. The first kappa shape index (κ1) is 32.9. The Bertz CT molecular complexity index is 586. The van der Waals surface area contributed by atoms with E-state index in [1.54, 1.807) is 0 Å². The molecule has 0 aliphatic heterocycles. The molecule has 0 spiro atoms. The summed E-state index contributed by atoms with van der Waals surface area (Å²) >= 11 is 0. The summed E-state index contributed by atoms with van der Waals surface area (Å²) in [5.41, 5.74) is 0. The van der Waals surface area contributed by atoms with E-state index in [0.29, 0.717) is 24.7 Å². The molecule has 37 heavy (non-hydrogen) atoms. The summed E-state index contributed by atoms with van der Waals surface area (Å²) in [4.78, 5) is 0. The van der Waals surface area contributed by atoms with Crippen molar-refractivity contribution in [2.24, 2.45) is 41.4 Å². The molecular weight excluding hydrogens is 476 g/mol. The van der Waals surface area contributed by atoms with Gasteiger partial charge < -0.3 is 4.74 Å². The molecular formula is C32H58F4O. The molecule has 0 amide bonds. The number of halogens is 4. The molecule has 5 heteroatoms. The highest BCUT2D eigenvalue weighted by atomic mass is 19.3.